The molecule has 0 saturated carbocycles. The van der Waals surface area contributed by atoms with Crippen molar-refractivity contribution in [2.45, 2.75) is 44.3 Å². The molecule has 0 radical (unpaired) electrons. The maximum absolute atomic E-state index is 13.2. The largest absolute Gasteiger partial charge is 0.483 e. The Morgan fingerprint density at radius 2 is 1.56 bits per heavy atom. The van der Waals surface area contributed by atoms with Gasteiger partial charge in [0, 0.05) is 44.2 Å². The van der Waals surface area contributed by atoms with Crippen LogP contribution in [-0.4, -0.2) is 156 Å². The number of aromatic nitrogens is 4. The Bertz CT molecular complexity index is 2540. The molecule has 7 amide bonds. The number of hydrogen-bond acceptors (Lipinski definition) is 19. The number of carbonyl (C=O) groups excluding carboxylic acids is 7. The summed E-state index contributed by atoms with van der Waals surface area (Å²) in [5.74, 6) is -5.36. The van der Waals surface area contributed by atoms with Crippen molar-refractivity contribution >= 4 is 75.9 Å². The summed E-state index contributed by atoms with van der Waals surface area (Å²) in [6.45, 7) is 1.51. The van der Waals surface area contributed by atoms with Gasteiger partial charge < -0.3 is 56.4 Å². The lowest BCUT2D eigenvalue weighted by Gasteiger charge is -2.27. The monoisotopic (exact) mass is 942 g/mol. The van der Waals surface area contributed by atoms with Gasteiger partial charge in [-0.25, -0.2) is 14.8 Å². The maximum atomic E-state index is 13.2. The fourth-order valence-electron chi connectivity index (χ4n) is 6.99. The van der Waals surface area contributed by atoms with Crippen molar-refractivity contribution in [1.29, 1.82) is 0 Å². The molecule has 2 aliphatic heterocycles. The zero-order chi connectivity index (χ0) is 48.7. The molecule has 2 aliphatic rings. The highest BCUT2D eigenvalue weighted by atomic mass is 16.5. The fourth-order valence-corrected chi connectivity index (χ4v) is 6.99. The summed E-state index contributed by atoms with van der Waals surface area (Å²) >= 11 is 0. The molecule has 4 heterocycles. The lowest BCUT2D eigenvalue weighted by atomic mass is 10.0. The predicted octanol–water partition coefficient (Wildman–Crippen LogP) is -1.05. The smallest absolute Gasteiger partial charge is 0.326 e. The number of anilines is 3. The molecule has 360 valence electrons. The van der Waals surface area contributed by atoms with Crippen molar-refractivity contribution in [3.05, 3.63) is 71.0 Å². The van der Waals surface area contributed by atoms with E-state index in [0.717, 1.165) is 10.6 Å². The van der Waals surface area contributed by atoms with Crippen LogP contribution in [0.1, 0.15) is 62.5 Å². The minimum absolute atomic E-state index is 0.00484. The standard InChI is InChI=1S/C43H50N12O13/c1-54(22-25-21-48-37-35(49-25)36(44)52-43(45)53-37)26-7-5-24(6-8-26)38(59)50-28(42(63)64)9-11-31(56)46-13-15-65-17-19-67-20-18-66-16-14-47-33(58)23-68-30-4-2-3-27-34(30)41(62)55(40(27)61)29-10-12-32(57)51-39(29)60/h2-8,21,28-29H,9-20,22-23H2,1H3,(H,46,56)(H,47,58)(H,50,59)(H,63,64)(H,51,57,60)(H4,44,45,48,52,53)/t28-,29?/m1/s1. The third kappa shape index (κ3) is 13.1. The number of imide groups is 2. The summed E-state index contributed by atoms with van der Waals surface area (Å²) in [4.78, 5) is 119. The average molecular weight is 943 g/mol. The van der Waals surface area contributed by atoms with Gasteiger partial charge in [-0.3, -0.25) is 43.8 Å². The van der Waals surface area contributed by atoms with Crippen molar-refractivity contribution < 1.29 is 62.4 Å². The number of carboxylic acid groups (broad SMARTS) is 1. The molecule has 4 aromatic rings. The number of carbonyl (C=O) groups is 8. The lowest BCUT2D eigenvalue weighted by molar-refractivity contribution is -0.140. The Balaban J connectivity index is 0.770. The van der Waals surface area contributed by atoms with E-state index in [2.05, 4.69) is 41.2 Å². The van der Waals surface area contributed by atoms with Crippen LogP contribution in [0.4, 0.5) is 17.5 Å². The third-order valence-corrected chi connectivity index (χ3v) is 10.4. The van der Waals surface area contributed by atoms with Gasteiger partial charge >= 0.3 is 5.97 Å². The summed E-state index contributed by atoms with van der Waals surface area (Å²) in [6.07, 6.45) is 1.25. The number of carboxylic acids is 1. The number of nitrogen functional groups attached to an aromatic ring is 2. The number of benzene rings is 2. The van der Waals surface area contributed by atoms with Gasteiger partial charge in [0.15, 0.2) is 23.6 Å². The van der Waals surface area contributed by atoms with Gasteiger partial charge in [0.1, 0.15) is 17.8 Å². The number of fused-ring (bicyclic) bond motifs is 2. The van der Waals surface area contributed by atoms with E-state index in [9.17, 15) is 43.5 Å². The highest BCUT2D eigenvalue weighted by Gasteiger charge is 2.46. The molecule has 2 aromatic heterocycles. The summed E-state index contributed by atoms with van der Waals surface area (Å²) in [6, 6.07) is 8.41. The van der Waals surface area contributed by atoms with E-state index in [4.69, 9.17) is 30.4 Å². The average Bonchev–Trinajstić information content (AvgIpc) is 3.57. The fraction of sp³-hybridized carbons (Fsp3) is 0.395. The Hall–Kier alpha value is -7.90. The first-order chi connectivity index (χ1) is 32.7. The molecule has 6 rings (SSSR count). The Morgan fingerprint density at radius 1 is 0.882 bits per heavy atom. The van der Waals surface area contributed by atoms with Crippen molar-refractivity contribution in [2.24, 2.45) is 0 Å². The van der Waals surface area contributed by atoms with Crippen LogP contribution in [-0.2, 0) is 44.7 Å². The van der Waals surface area contributed by atoms with Crippen LogP contribution in [0.3, 0.4) is 0 Å². The molecule has 0 spiro atoms. The number of aliphatic carboxylic acids is 1. The van der Waals surface area contributed by atoms with Gasteiger partial charge in [-0.1, -0.05) is 6.07 Å². The molecule has 0 aliphatic carbocycles. The first-order valence-corrected chi connectivity index (χ1v) is 21.3. The highest BCUT2D eigenvalue weighted by molar-refractivity contribution is 6.24. The second-order valence-electron chi connectivity index (χ2n) is 15.3. The van der Waals surface area contributed by atoms with E-state index in [1.54, 1.807) is 30.5 Å². The van der Waals surface area contributed by atoms with E-state index in [1.165, 1.54) is 18.2 Å². The van der Waals surface area contributed by atoms with E-state index in [-0.39, 0.29) is 118 Å². The zero-order valence-electron chi connectivity index (χ0n) is 36.9. The van der Waals surface area contributed by atoms with Crippen LogP contribution >= 0.6 is 0 Å². The van der Waals surface area contributed by atoms with Crippen LogP contribution < -0.4 is 42.4 Å². The van der Waals surface area contributed by atoms with E-state index >= 15 is 0 Å². The first-order valence-electron chi connectivity index (χ1n) is 21.3. The molecule has 68 heavy (non-hydrogen) atoms. The maximum Gasteiger partial charge on any atom is 0.326 e. The Morgan fingerprint density at radius 3 is 2.24 bits per heavy atom. The molecule has 25 nitrogen and oxygen atoms in total. The van der Waals surface area contributed by atoms with Gasteiger partial charge in [0.2, 0.25) is 23.7 Å². The van der Waals surface area contributed by atoms with Crippen molar-refractivity contribution in [1.82, 2.24) is 46.1 Å². The summed E-state index contributed by atoms with van der Waals surface area (Å²) in [5.41, 5.74) is 13.7. The molecule has 1 saturated heterocycles. The van der Waals surface area contributed by atoms with Crippen molar-refractivity contribution in [3.63, 3.8) is 0 Å². The van der Waals surface area contributed by atoms with Crippen molar-refractivity contribution in [3.8, 4) is 5.75 Å². The Labute approximate surface area is 387 Å². The lowest BCUT2D eigenvalue weighted by Crippen LogP contribution is -2.54. The number of amides is 7. The number of nitrogens with zero attached hydrogens (tertiary/aromatic N) is 6. The molecular weight excluding hydrogens is 893 g/mol. The van der Waals surface area contributed by atoms with Crippen LogP contribution in [0, 0.1) is 0 Å². The molecule has 1 fully saturated rings. The third-order valence-electron chi connectivity index (χ3n) is 10.4. The minimum atomic E-state index is -1.31. The van der Waals surface area contributed by atoms with Gasteiger partial charge in [-0.15, -0.1) is 0 Å². The predicted molar refractivity (Wildman–Crippen MR) is 238 cm³/mol. The van der Waals surface area contributed by atoms with E-state index in [1.807, 2.05) is 11.9 Å². The van der Waals surface area contributed by atoms with Gasteiger partial charge in [-0.2, -0.15) is 9.97 Å². The normalized spacial score (nSPS) is 14.8. The molecule has 2 aromatic carbocycles. The zero-order valence-corrected chi connectivity index (χ0v) is 36.9. The van der Waals surface area contributed by atoms with Crippen LogP contribution in [0.5, 0.6) is 5.75 Å². The summed E-state index contributed by atoms with van der Waals surface area (Å²) in [7, 11) is 1.81. The molecule has 1 unspecified atom stereocenters. The van der Waals surface area contributed by atoms with Crippen LogP contribution in [0.2, 0.25) is 0 Å². The SMILES string of the molecule is CN(Cc1cnc2nc(N)nc(N)c2n1)c1ccc(C(=O)N[C@H](CCC(=O)NCCOCCOCCOCCNC(=O)COc2cccc3c2C(=O)N(C2CCC(=O)NC2=O)C3=O)C(=O)O)cc1. The highest BCUT2D eigenvalue weighted by Crippen LogP contribution is 2.33. The van der Waals surface area contributed by atoms with Gasteiger partial charge in [0.25, 0.3) is 23.6 Å². The minimum Gasteiger partial charge on any atom is -0.483 e. The first kappa shape index (κ1) is 49.5. The molecule has 9 N–H and O–H groups in total. The summed E-state index contributed by atoms with van der Waals surface area (Å²) in [5, 5.41) is 19.6. The number of nitrogens with two attached hydrogens (primary N) is 2. The number of rotatable bonds is 25. The van der Waals surface area contributed by atoms with Gasteiger partial charge in [-0.05, 0) is 49.2 Å². The molecule has 0 bridgehead atoms. The van der Waals surface area contributed by atoms with Crippen LogP contribution in [0.15, 0.2) is 48.7 Å². The number of piperidine rings is 1. The van der Waals surface area contributed by atoms with Gasteiger partial charge in [0.05, 0.1) is 69.2 Å². The number of hydrogen-bond donors (Lipinski definition) is 7. The Kier molecular flexibility index (Phi) is 17.1. The molecule has 2 atom stereocenters. The summed E-state index contributed by atoms with van der Waals surface area (Å²) < 4.78 is 21.9. The quantitative estimate of drug-likeness (QED) is 0.0308. The topological polar surface area (TPSA) is 352 Å². The second-order valence-corrected chi connectivity index (χ2v) is 15.3. The number of nitrogens with one attached hydrogen (secondary N) is 4. The van der Waals surface area contributed by atoms with E-state index < -0.39 is 66.0 Å². The van der Waals surface area contributed by atoms with Crippen LogP contribution in [0.25, 0.3) is 11.2 Å². The van der Waals surface area contributed by atoms with Crippen molar-refractivity contribution in [2.75, 3.05) is 82.8 Å². The molecular formula is C43H50N12O13. The number of ether oxygens (including phenoxy) is 4. The second kappa shape index (κ2) is 23.5. The van der Waals surface area contributed by atoms with E-state index in [0.29, 0.717) is 17.8 Å². The molecule has 25 heteroatoms.